The highest BCUT2D eigenvalue weighted by molar-refractivity contribution is 6.42. The highest BCUT2D eigenvalue weighted by Gasteiger charge is 2.09. The molecule has 0 saturated heterocycles. The molecule has 3 rings (SSSR count). The third kappa shape index (κ3) is 3.84. The van der Waals surface area contributed by atoms with Gasteiger partial charge < -0.3 is 10.1 Å². The van der Waals surface area contributed by atoms with Gasteiger partial charge >= 0.3 is 0 Å². The Hall–Kier alpha value is -1.74. The standard InChI is InChI=1S/C20H19Cl2NO/c1-2-23-12-17-16-6-4-3-5-15(16)8-10-20(17)24-13-14-7-9-18(21)19(22)11-14/h3-11,23H,2,12-13H2,1H3. The molecule has 0 fully saturated rings. The molecule has 0 aliphatic rings. The summed E-state index contributed by atoms with van der Waals surface area (Å²) >= 11 is 12.0. The van der Waals surface area contributed by atoms with Gasteiger partial charge in [-0.3, -0.25) is 0 Å². The summed E-state index contributed by atoms with van der Waals surface area (Å²) in [5.41, 5.74) is 2.17. The summed E-state index contributed by atoms with van der Waals surface area (Å²) in [6, 6.07) is 18.1. The third-order valence-corrected chi connectivity index (χ3v) is 4.67. The molecule has 3 aromatic carbocycles. The van der Waals surface area contributed by atoms with Crippen LogP contribution in [0.4, 0.5) is 0 Å². The molecule has 0 aliphatic heterocycles. The van der Waals surface area contributed by atoms with Crippen molar-refractivity contribution < 1.29 is 4.74 Å². The number of hydrogen-bond donors (Lipinski definition) is 1. The summed E-state index contributed by atoms with van der Waals surface area (Å²) < 4.78 is 6.08. The average Bonchev–Trinajstić information content (AvgIpc) is 2.61. The zero-order valence-electron chi connectivity index (χ0n) is 13.5. The SMILES string of the molecule is CCNCc1c(OCc2ccc(Cl)c(Cl)c2)ccc2ccccc12. The molecule has 0 saturated carbocycles. The van der Waals surface area contributed by atoms with Gasteiger partial charge in [0.25, 0.3) is 0 Å². The molecule has 0 aromatic heterocycles. The summed E-state index contributed by atoms with van der Waals surface area (Å²) in [5, 5.41) is 6.92. The molecule has 124 valence electrons. The van der Waals surface area contributed by atoms with Crippen LogP contribution >= 0.6 is 23.2 Å². The Morgan fingerprint density at radius 2 is 1.79 bits per heavy atom. The zero-order valence-corrected chi connectivity index (χ0v) is 15.0. The van der Waals surface area contributed by atoms with Gasteiger partial charge in [0.2, 0.25) is 0 Å². The fraction of sp³-hybridized carbons (Fsp3) is 0.200. The monoisotopic (exact) mass is 359 g/mol. The lowest BCUT2D eigenvalue weighted by molar-refractivity contribution is 0.303. The van der Waals surface area contributed by atoms with Crippen LogP contribution in [0.15, 0.2) is 54.6 Å². The highest BCUT2D eigenvalue weighted by atomic mass is 35.5. The van der Waals surface area contributed by atoms with Crippen molar-refractivity contribution in [2.24, 2.45) is 0 Å². The van der Waals surface area contributed by atoms with E-state index in [1.165, 1.54) is 16.3 Å². The molecule has 0 atom stereocenters. The van der Waals surface area contributed by atoms with E-state index in [2.05, 4.69) is 42.6 Å². The number of hydrogen-bond acceptors (Lipinski definition) is 2. The Balaban J connectivity index is 1.88. The van der Waals surface area contributed by atoms with E-state index in [1.807, 2.05) is 18.2 Å². The van der Waals surface area contributed by atoms with E-state index in [-0.39, 0.29) is 0 Å². The second-order valence-corrected chi connectivity index (χ2v) is 6.40. The Morgan fingerprint density at radius 3 is 2.58 bits per heavy atom. The van der Waals surface area contributed by atoms with E-state index in [0.717, 1.165) is 24.4 Å². The average molecular weight is 360 g/mol. The molecule has 0 radical (unpaired) electrons. The van der Waals surface area contributed by atoms with Crippen molar-refractivity contribution in [3.05, 3.63) is 75.8 Å². The lowest BCUT2D eigenvalue weighted by Crippen LogP contribution is -2.13. The van der Waals surface area contributed by atoms with E-state index in [1.54, 1.807) is 6.07 Å². The molecule has 4 heteroatoms. The molecule has 0 unspecified atom stereocenters. The van der Waals surface area contributed by atoms with E-state index in [0.29, 0.717) is 16.7 Å². The van der Waals surface area contributed by atoms with Gasteiger partial charge in [0.1, 0.15) is 12.4 Å². The molecular weight excluding hydrogens is 341 g/mol. The van der Waals surface area contributed by atoms with Crippen LogP contribution in [0, 0.1) is 0 Å². The minimum atomic E-state index is 0.453. The fourth-order valence-corrected chi connectivity index (χ4v) is 2.99. The molecule has 0 bridgehead atoms. The Bertz CT molecular complexity index is 848. The molecule has 2 nitrogen and oxygen atoms in total. The predicted octanol–water partition coefficient (Wildman–Crippen LogP) is 5.84. The lowest BCUT2D eigenvalue weighted by Gasteiger charge is -2.15. The van der Waals surface area contributed by atoms with Crippen LogP contribution in [-0.4, -0.2) is 6.54 Å². The number of halogens is 2. The smallest absolute Gasteiger partial charge is 0.124 e. The van der Waals surface area contributed by atoms with Crippen LogP contribution in [0.1, 0.15) is 18.1 Å². The first-order valence-corrected chi connectivity index (χ1v) is 8.72. The van der Waals surface area contributed by atoms with Crippen molar-refractivity contribution in [1.82, 2.24) is 5.32 Å². The molecule has 0 spiro atoms. The quantitative estimate of drug-likeness (QED) is 0.597. The summed E-state index contributed by atoms with van der Waals surface area (Å²) in [5.74, 6) is 0.890. The van der Waals surface area contributed by atoms with Crippen LogP contribution in [0.3, 0.4) is 0 Å². The maximum absolute atomic E-state index is 6.08. The van der Waals surface area contributed by atoms with Gasteiger partial charge in [0.15, 0.2) is 0 Å². The molecule has 0 aliphatic carbocycles. The maximum Gasteiger partial charge on any atom is 0.124 e. The number of ether oxygens (including phenoxy) is 1. The van der Waals surface area contributed by atoms with Crippen LogP contribution in [0.2, 0.25) is 10.0 Å². The van der Waals surface area contributed by atoms with Gasteiger partial charge in [-0.05, 0) is 41.1 Å². The van der Waals surface area contributed by atoms with Crippen molar-refractivity contribution >= 4 is 34.0 Å². The zero-order chi connectivity index (χ0) is 16.9. The number of benzene rings is 3. The first kappa shape index (κ1) is 17.1. The van der Waals surface area contributed by atoms with Crippen LogP contribution < -0.4 is 10.1 Å². The van der Waals surface area contributed by atoms with E-state index in [4.69, 9.17) is 27.9 Å². The Kier molecular flexibility index (Phi) is 5.62. The predicted molar refractivity (Wildman–Crippen MR) is 102 cm³/mol. The maximum atomic E-state index is 6.08. The number of rotatable bonds is 6. The van der Waals surface area contributed by atoms with Crippen molar-refractivity contribution in [1.29, 1.82) is 0 Å². The van der Waals surface area contributed by atoms with Crippen molar-refractivity contribution in [2.75, 3.05) is 6.54 Å². The minimum absolute atomic E-state index is 0.453. The van der Waals surface area contributed by atoms with Crippen molar-refractivity contribution in [3.8, 4) is 5.75 Å². The highest BCUT2D eigenvalue weighted by Crippen LogP contribution is 2.29. The van der Waals surface area contributed by atoms with Crippen LogP contribution in [0.25, 0.3) is 10.8 Å². The van der Waals surface area contributed by atoms with Crippen LogP contribution in [0.5, 0.6) is 5.75 Å². The largest absolute Gasteiger partial charge is 0.489 e. The Labute approximate surface area is 152 Å². The van der Waals surface area contributed by atoms with Gasteiger partial charge in [-0.15, -0.1) is 0 Å². The first-order chi connectivity index (χ1) is 11.7. The summed E-state index contributed by atoms with van der Waals surface area (Å²) in [7, 11) is 0. The number of fused-ring (bicyclic) bond motifs is 1. The lowest BCUT2D eigenvalue weighted by atomic mass is 10.0. The molecule has 1 N–H and O–H groups in total. The minimum Gasteiger partial charge on any atom is -0.489 e. The third-order valence-electron chi connectivity index (χ3n) is 3.93. The Morgan fingerprint density at radius 1 is 0.958 bits per heavy atom. The number of nitrogens with one attached hydrogen (secondary N) is 1. The summed E-state index contributed by atoms with van der Waals surface area (Å²) in [6.07, 6.45) is 0. The molecule has 3 aromatic rings. The van der Waals surface area contributed by atoms with E-state index in [9.17, 15) is 0 Å². The van der Waals surface area contributed by atoms with Gasteiger partial charge in [-0.1, -0.05) is 66.5 Å². The fourth-order valence-electron chi connectivity index (χ4n) is 2.67. The van der Waals surface area contributed by atoms with Gasteiger partial charge in [-0.2, -0.15) is 0 Å². The molecule has 0 heterocycles. The molecule has 0 amide bonds. The molecular formula is C20H19Cl2NO. The van der Waals surface area contributed by atoms with E-state index >= 15 is 0 Å². The second kappa shape index (κ2) is 7.89. The van der Waals surface area contributed by atoms with Gasteiger partial charge in [-0.25, -0.2) is 0 Å². The molecule has 24 heavy (non-hydrogen) atoms. The van der Waals surface area contributed by atoms with Crippen LogP contribution in [-0.2, 0) is 13.2 Å². The van der Waals surface area contributed by atoms with Gasteiger partial charge in [0.05, 0.1) is 10.0 Å². The van der Waals surface area contributed by atoms with Crippen molar-refractivity contribution in [3.63, 3.8) is 0 Å². The summed E-state index contributed by atoms with van der Waals surface area (Å²) in [4.78, 5) is 0. The second-order valence-electron chi connectivity index (χ2n) is 5.58. The van der Waals surface area contributed by atoms with E-state index < -0.39 is 0 Å². The summed E-state index contributed by atoms with van der Waals surface area (Å²) in [6.45, 7) is 4.24. The normalized spacial score (nSPS) is 11.0. The first-order valence-electron chi connectivity index (χ1n) is 7.97. The van der Waals surface area contributed by atoms with Crippen molar-refractivity contribution in [2.45, 2.75) is 20.1 Å². The topological polar surface area (TPSA) is 21.3 Å². The van der Waals surface area contributed by atoms with Gasteiger partial charge in [0, 0.05) is 12.1 Å².